The van der Waals surface area contributed by atoms with Crippen LogP contribution in [0, 0.1) is 6.92 Å². The van der Waals surface area contributed by atoms with Gasteiger partial charge in [-0.25, -0.2) is 0 Å². The molecule has 0 bridgehead atoms. The van der Waals surface area contributed by atoms with Crippen LogP contribution in [0.4, 0.5) is 13.2 Å². The highest BCUT2D eigenvalue weighted by Crippen LogP contribution is 2.32. The van der Waals surface area contributed by atoms with Crippen molar-refractivity contribution < 1.29 is 22.7 Å². The fourth-order valence-electron chi connectivity index (χ4n) is 2.30. The van der Waals surface area contributed by atoms with E-state index in [2.05, 4.69) is 5.32 Å². The molecule has 0 heterocycles. The second-order valence-electron chi connectivity index (χ2n) is 5.37. The number of benzene rings is 2. The summed E-state index contributed by atoms with van der Waals surface area (Å²) in [6.45, 7) is 2.59. The maximum absolute atomic E-state index is 12.7. The highest BCUT2D eigenvalue weighted by atomic mass is 19.4. The van der Waals surface area contributed by atoms with Crippen LogP contribution < -0.4 is 5.32 Å². The Kier molecular flexibility index (Phi) is 5.62. The van der Waals surface area contributed by atoms with Gasteiger partial charge in [-0.15, -0.1) is 0 Å². The molecule has 0 aliphatic rings. The number of carbonyl (C=O) groups excluding carboxylic acids is 1. The van der Waals surface area contributed by atoms with Crippen LogP contribution in [0.5, 0.6) is 0 Å². The largest absolute Gasteiger partial charge is 0.416 e. The van der Waals surface area contributed by atoms with Gasteiger partial charge in [-0.1, -0.05) is 29.8 Å². The van der Waals surface area contributed by atoms with Crippen molar-refractivity contribution in [1.82, 2.24) is 5.32 Å². The van der Waals surface area contributed by atoms with E-state index in [1.165, 1.54) is 19.2 Å². The molecule has 128 valence electrons. The molecule has 0 aliphatic carbocycles. The molecule has 24 heavy (non-hydrogen) atoms. The van der Waals surface area contributed by atoms with Crippen molar-refractivity contribution in [2.45, 2.75) is 13.1 Å². The number of amides is 1. The van der Waals surface area contributed by atoms with Gasteiger partial charge < -0.3 is 10.1 Å². The summed E-state index contributed by atoms with van der Waals surface area (Å²) in [5.74, 6) is -0.286. The minimum atomic E-state index is -4.38. The summed E-state index contributed by atoms with van der Waals surface area (Å²) in [6, 6.07) is 10.1. The van der Waals surface area contributed by atoms with Crippen LogP contribution in [0.25, 0.3) is 11.1 Å². The van der Waals surface area contributed by atoms with Crippen molar-refractivity contribution in [2.75, 3.05) is 20.3 Å². The van der Waals surface area contributed by atoms with Crippen molar-refractivity contribution >= 4 is 5.91 Å². The Morgan fingerprint density at radius 1 is 1.12 bits per heavy atom. The predicted octanol–water partition coefficient (Wildman–Crippen LogP) is 4.06. The molecule has 0 saturated heterocycles. The first kappa shape index (κ1) is 18.0. The number of alkyl halides is 3. The number of rotatable bonds is 5. The molecule has 0 spiro atoms. The normalized spacial score (nSPS) is 11.4. The van der Waals surface area contributed by atoms with Crippen molar-refractivity contribution in [3.8, 4) is 11.1 Å². The summed E-state index contributed by atoms with van der Waals surface area (Å²) < 4.78 is 42.9. The quantitative estimate of drug-likeness (QED) is 0.836. The molecule has 0 radical (unpaired) electrons. The van der Waals surface area contributed by atoms with Gasteiger partial charge in [-0.3, -0.25) is 4.79 Å². The standard InChI is InChI=1S/C18H18F3NO2/c1-12-3-8-15(16(11-12)17(23)22-9-10-24-2)13-4-6-14(7-5-13)18(19,20)21/h3-8,11H,9-10H2,1-2H3,(H,22,23). The van der Waals surface area contributed by atoms with Gasteiger partial charge in [0.2, 0.25) is 0 Å². The predicted molar refractivity (Wildman–Crippen MR) is 85.8 cm³/mol. The fraction of sp³-hybridized carbons (Fsp3) is 0.278. The lowest BCUT2D eigenvalue weighted by atomic mass is 9.96. The highest BCUT2D eigenvalue weighted by Gasteiger charge is 2.30. The molecule has 0 unspecified atom stereocenters. The van der Waals surface area contributed by atoms with E-state index in [-0.39, 0.29) is 5.91 Å². The van der Waals surface area contributed by atoms with Gasteiger partial charge in [0.1, 0.15) is 0 Å². The molecule has 6 heteroatoms. The summed E-state index contributed by atoms with van der Waals surface area (Å²) in [5, 5.41) is 2.73. The number of methoxy groups -OCH3 is 1. The zero-order valence-electron chi connectivity index (χ0n) is 13.4. The van der Waals surface area contributed by atoms with Gasteiger partial charge in [0.25, 0.3) is 5.91 Å². The van der Waals surface area contributed by atoms with Crippen LogP contribution in [0.2, 0.25) is 0 Å². The van der Waals surface area contributed by atoms with Crippen LogP contribution >= 0.6 is 0 Å². The highest BCUT2D eigenvalue weighted by molar-refractivity contribution is 6.01. The third kappa shape index (κ3) is 4.35. The third-order valence-electron chi connectivity index (χ3n) is 3.53. The minimum Gasteiger partial charge on any atom is -0.383 e. The smallest absolute Gasteiger partial charge is 0.383 e. The SMILES string of the molecule is COCCNC(=O)c1cc(C)ccc1-c1ccc(C(F)(F)F)cc1. The minimum absolute atomic E-state index is 0.286. The Balaban J connectivity index is 2.34. The van der Waals surface area contributed by atoms with E-state index < -0.39 is 11.7 Å². The maximum atomic E-state index is 12.7. The van der Waals surface area contributed by atoms with Gasteiger partial charge in [0, 0.05) is 19.2 Å². The maximum Gasteiger partial charge on any atom is 0.416 e. The Morgan fingerprint density at radius 2 is 1.79 bits per heavy atom. The zero-order chi connectivity index (χ0) is 17.7. The molecular weight excluding hydrogens is 319 g/mol. The van der Waals surface area contributed by atoms with E-state index in [1.54, 1.807) is 12.1 Å². The van der Waals surface area contributed by atoms with Crippen molar-refractivity contribution in [3.63, 3.8) is 0 Å². The zero-order valence-corrected chi connectivity index (χ0v) is 13.4. The third-order valence-corrected chi connectivity index (χ3v) is 3.53. The fourth-order valence-corrected chi connectivity index (χ4v) is 2.30. The number of ether oxygens (including phenoxy) is 1. The molecule has 0 atom stereocenters. The van der Waals surface area contributed by atoms with Crippen molar-refractivity contribution in [2.24, 2.45) is 0 Å². The lowest BCUT2D eigenvalue weighted by Crippen LogP contribution is -2.27. The number of carbonyl (C=O) groups is 1. The van der Waals surface area contributed by atoms with Crippen molar-refractivity contribution in [1.29, 1.82) is 0 Å². The van der Waals surface area contributed by atoms with E-state index in [9.17, 15) is 18.0 Å². The van der Waals surface area contributed by atoms with Gasteiger partial charge in [0.15, 0.2) is 0 Å². The number of nitrogens with one attached hydrogen (secondary N) is 1. The van der Waals surface area contributed by atoms with Crippen LogP contribution in [0.15, 0.2) is 42.5 Å². The molecule has 3 nitrogen and oxygen atoms in total. The average molecular weight is 337 g/mol. The summed E-state index contributed by atoms with van der Waals surface area (Å²) in [7, 11) is 1.53. The molecule has 2 rings (SSSR count). The first-order chi connectivity index (χ1) is 11.3. The lowest BCUT2D eigenvalue weighted by Gasteiger charge is -2.13. The summed E-state index contributed by atoms with van der Waals surface area (Å²) in [6.07, 6.45) is -4.38. The lowest BCUT2D eigenvalue weighted by molar-refractivity contribution is -0.137. The van der Waals surface area contributed by atoms with E-state index in [1.807, 2.05) is 13.0 Å². The topological polar surface area (TPSA) is 38.3 Å². The second-order valence-corrected chi connectivity index (χ2v) is 5.37. The van der Waals surface area contributed by atoms with Crippen molar-refractivity contribution in [3.05, 3.63) is 59.2 Å². The molecule has 2 aromatic rings. The van der Waals surface area contributed by atoms with Gasteiger partial charge in [-0.05, 0) is 36.2 Å². The van der Waals surface area contributed by atoms with Crippen LogP contribution in [0.1, 0.15) is 21.5 Å². The first-order valence-electron chi connectivity index (χ1n) is 7.38. The number of hydrogen-bond donors (Lipinski definition) is 1. The number of hydrogen-bond acceptors (Lipinski definition) is 2. The molecule has 0 saturated carbocycles. The number of halogens is 3. The molecule has 1 N–H and O–H groups in total. The monoisotopic (exact) mass is 337 g/mol. The van der Waals surface area contributed by atoms with Crippen LogP contribution in [-0.2, 0) is 10.9 Å². The van der Waals surface area contributed by atoms with E-state index in [0.717, 1.165) is 17.7 Å². The van der Waals surface area contributed by atoms with E-state index in [0.29, 0.717) is 29.8 Å². The summed E-state index contributed by atoms with van der Waals surface area (Å²) in [5.41, 5.74) is 1.74. The average Bonchev–Trinajstić information content (AvgIpc) is 2.54. The second kappa shape index (κ2) is 7.49. The van der Waals surface area contributed by atoms with Crippen LogP contribution in [-0.4, -0.2) is 26.2 Å². The van der Waals surface area contributed by atoms with Crippen LogP contribution in [0.3, 0.4) is 0 Å². The Morgan fingerprint density at radius 3 is 2.38 bits per heavy atom. The number of aryl methyl sites for hydroxylation is 1. The Hall–Kier alpha value is -2.34. The molecule has 0 fully saturated rings. The van der Waals surface area contributed by atoms with Gasteiger partial charge >= 0.3 is 6.18 Å². The molecule has 0 aliphatic heterocycles. The molecule has 1 amide bonds. The molecule has 2 aromatic carbocycles. The Bertz CT molecular complexity index is 709. The molecule has 0 aromatic heterocycles. The van der Waals surface area contributed by atoms with Gasteiger partial charge in [-0.2, -0.15) is 13.2 Å². The Labute approximate surface area is 138 Å². The van der Waals surface area contributed by atoms with Gasteiger partial charge in [0.05, 0.1) is 12.2 Å². The van der Waals surface area contributed by atoms with E-state index in [4.69, 9.17) is 4.74 Å². The summed E-state index contributed by atoms with van der Waals surface area (Å²) in [4.78, 5) is 12.3. The van der Waals surface area contributed by atoms with E-state index >= 15 is 0 Å². The summed E-state index contributed by atoms with van der Waals surface area (Å²) >= 11 is 0. The first-order valence-corrected chi connectivity index (χ1v) is 7.38. The molecular formula is C18H18F3NO2.